The van der Waals surface area contributed by atoms with Crippen molar-refractivity contribution in [2.75, 3.05) is 5.32 Å². The molecule has 101 heavy (non-hydrogen) atoms. The van der Waals surface area contributed by atoms with Crippen LogP contribution in [0, 0.1) is 0 Å². The molecule has 14 rings (SSSR count). The first-order chi connectivity index (χ1) is 48.2. The molecule has 13 aromatic rings. The Balaban J connectivity index is 0.000000140. The molecule has 0 saturated carbocycles. The quantitative estimate of drug-likeness (QED) is 0.114. The summed E-state index contributed by atoms with van der Waals surface area (Å²) in [6, 6.07) is 70.5. The van der Waals surface area contributed by atoms with E-state index in [0.29, 0.717) is 39.6 Å². The normalized spacial score (nSPS) is 13.2. The lowest BCUT2D eigenvalue weighted by atomic mass is 9.80. The largest absolute Gasteiger partial charge is 0.495 e. The van der Waals surface area contributed by atoms with E-state index in [1.165, 1.54) is 5.56 Å². The van der Waals surface area contributed by atoms with Crippen LogP contribution in [0.1, 0.15) is 95.6 Å². The van der Waals surface area contributed by atoms with Crippen LogP contribution >= 0.6 is 34.8 Å². The number of fused-ring (bicyclic) bond motifs is 3. The minimum atomic E-state index is -0.384. The van der Waals surface area contributed by atoms with E-state index in [4.69, 9.17) is 58.3 Å². The zero-order valence-corrected chi connectivity index (χ0v) is 61.2. The number of hydrogen-bond acceptors (Lipinski definition) is 15. The van der Waals surface area contributed by atoms with Crippen LogP contribution in [0.15, 0.2) is 231 Å². The number of pyridine rings is 3. The summed E-state index contributed by atoms with van der Waals surface area (Å²) < 4.78 is 29.8. The Labute approximate surface area is 606 Å². The number of rotatable bonds is 12. The van der Waals surface area contributed by atoms with Crippen LogP contribution in [0.5, 0.6) is 17.6 Å². The summed E-state index contributed by atoms with van der Waals surface area (Å²) in [5.41, 5.74) is 10.3. The van der Waals surface area contributed by atoms with Crippen molar-refractivity contribution >= 4 is 85.5 Å². The van der Waals surface area contributed by atoms with Crippen LogP contribution in [-0.2, 0) is 15.9 Å². The van der Waals surface area contributed by atoms with Gasteiger partial charge in [-0.15, -0.1) is 30.6 Å². The maximum atomic E-state index is 6.48. The number of ether oxygens (including phenoxy) is 3. The summed E-state index contributed by atoms with van der Waals surface area (Å²) in [7, 11) is -0.384. The van der Waals surface area contributed by atoms with Gasteiger partial charge in [-0.1, -0.05) is 211 Å². The molecule has 0 unspecified atom stereocenters. The highest BCUT2D eigenvalue weighted by Crippen LogP contribution is 2.41. The summed E-state index contributed by atoms with van der Waals surface area (Å²) in [5, 5.41) is 35.8. The summed E-state index contributed by atoms with van der Waals surface area (Å²) in [5.74, 6) is 2.46. The van der Waals surface area contributed by atoms with Gasteiger partial charge in [-0.3, -0.25) is 0 Å². The first kappa shape index (κ1) is 72.3. The zero-order valence-electron chi connectivity index (χ0n) is 58.9. The average Bonchev–Trinajstić information content (AvgIpc) is 1.76. The van der Waals surface area contributed by atoms with Gasteiger partial charge in [0.2, 0.25) is 17.6 Å². The van der Waals surface area contributed by atoms with E-state index < -0.39 is 0 Å². The van der Waals surface area contributed by atoms with Crippen molar-refractivity contribution in [1.29, 1.82) is 0 Å². The second-order valence-corrected chi connectivity index (χ2v) is 29.1. The Bertz CT molecular complexity index is 4990. The molecule has 0 spiro atoms. The summed E-state index contributed by atoms with van der Waals surface area (Å²) in [6.07, 6.45) is 5.20. The Morgan fingerprint density at radius 1 is 0.376 bits per heavy atom. The Hall–Kier alpha value is -9.94. The molecular weight excluding hydrogens is 1320 g/mol. The predicted molar refractivity (Wildman–Crippen MR) is 411 cm³/mol. The van der Waals surface area contributed by atoms with Crippen LogP contribution in [0.2, 0.25) is 15.5 Å². The molecule has 0 atom stereocenters. The molecule has 0 aliphatic carbocycles. The van der Waals surface area contributed by atoms with Gasteiger partial charge in [0.15, 0.2) is 21.3 Å². The van der Waals surface area contributed by atoms with Crippen LogP contribution in [0.3, 0.4) is 0 Å². The molecule has 1 aliphatic heterocycles. The number of halogens is 3. The lowest BCUT2D eigenvalue weighted by Gasteiger charge is -2.32. The third-order valence-electron chi connectivity index (χ3n) is 16.4. The van der Waals surface area contributed by atoms with Gasteiger partial charge in [0, 0.05) is 86.8 Å². The number of nitrogens with one attached hydrogen (secondary N) is 1. The molecule has 15 nitrogen and oxygen atoms in total. The van der Waals surface area contributed by atoms with Gasteiger partial charge in [0.1, 0.15) is 28.2 Å². The van der Waals surface area contributed by atoms with Gasteiger partial charge in [-0.25, -0.2) is 15.0 Å². The third-order valence-corrected chi connectivity index (χ3v) is 17.2. The number of benzene rings is 7. The Morgan fingerprint density at radius 3 is 1.20 bits per heavy atom. The number of hydrogen-bond donors (Lipinski definition) is 1. The minimum absolute atomic E-state index is 0.276. The van der Waals surface area contributed by atoms with Gasteiger partial charge < -0.3 is 28.8 Å². The molecule has 1 aliphatic rings. The third kappa shape index (κ3) is 18.2. The highest BCUT2D eigenvalue weighted by molar-refractivity contribution is 6.62. The van der Waals surface area contributed by atoms with E-state index >= 15 is 0 Å². The maximum absolute atomic E-state index is 6.48. The number of aromatic nitrogens is 9. The van der Waals surface area contributed by atoms with E-state index in [0.717, 1.165) is 99.5 Å². The van der Waals surface area contributed by atoms with Crippen LogP contribution in [0.25, 0.3) is 88.2 Å². The average molecular weight is 1400 g/mol. The monoisotopic (exact) mass is 1400 g/mol. The lowest BCUT2D eigenvalue weighted by Crippen LogP contribution is -2.41. The first-order valence-electron chi connectivity index (χ1n) is 33.3. The van der Waals surface area contributed by atoms with Crippen molar-refractivity contribution in [3.63, 3.8) is 0 Å². The van der Waals surface area contributed by atoms with Gasteiger partial charge in [-0.2, -0.15) is 0 Å². The molecule has 1 saturated heterocycles. The van der Waals surface area contributed by atoms with Crippen LogP contribution in [-0.4, -0.2) is 80.7 Å². The standard InChI is InChI=1S/C30H28N4O.C23H20ClN3O.C15H24BNO3.C14H8Cl2N2/c1-30(2,3)35-26-19-23(17-18-31-26)28-25-16-10-15-24(22-13-8-5-9-14-22)27(25)29(34-33-28)32-20-21-11-6-4-7-12-21;1-23(2,3)28-19-14-16(12-13-25-19)21-18-11-7-10-17(15-8-5-4-6-9-15)20(18)22(24)27-26-21;1-13(2,3)18-12-10-11(8-9-17-12)16-19-14(4,5)15(6,7)20-16;15-13-11-8-4-7-10(9-5-2-1-3-6-9)12(11)14(16)18-17-13/h4-19H,20H2,1-3H3,(H,32,34);4-14H,1-3H3;8-10H,1-7H3;1-8H. The molecule has 7 aromatic carbocycles. The molecule has 19 heteroatoms. The molecule has 0 radical (unpaired) electrons. The molecular formula is C82H80BCl3N10O5. The van der Waals surface area contributed by atoms with E-state index in [-0.39, 0.29) is 35.1 Å². The van der Waals surface area contributed by atoms with Crippen molar-refractivity contribution in [2.45, 2.75) is 125 Å². The smallest absolute Gasteiger partial charge is 0.472 e. The van der Waals surface area contributed by atoms with Gasteiger partial charge in [0.25, 0.3) is 0 Å². The molecule has 512 valence electrons. The van der Waals surface area contributed by atoms with E-state index in [1.807, 2.05) is 230 Å². The highest BCUT2D eigenvalue weighted by Gasteiger charge is 2.52. The van der Waals surface area contributed by atoms with E-state index in [1.54, 1.807) is 18.6 Å². The SMILES string of the molecule is CC(C)(C)Oc1cc(-c2nnc(Cl)c3c(-c4ccccc4)cccc23)ccn1.CC(C)(C)Oc1cc(-c2nnc(NCc3ccccc3)c3c(-c4ccccc4)cccc23)ccn1.CC(C)(C)Oc1cc(B2OC(C)(C)C(C)(C)O2)ccn1.Clc1nnc(Cl)c2c(-c3ccccc3)cccc12. The fourth-order valence-corrected chi connectivity index (χ4v) is 11.9. The Kier molecular flexibility index (Phi) is 22.1. The van der Waals surface area contributed by atoms with Gasteiger partial charge >= 0.3 is 7.12 Å². The van der Waals surface area contributed by atoms with Crippen molar-refractivity contribution in [3.8, 4) is 73.5 Å². The molecule has 1 N–H and O–H groups in total. The second kappa shape index (κ2) is 30.9. The van der Waals surface area contributed by atoms with Gasteiger partial charge in [-0.05, 0) is 153 Å². The van der Waals surface area contributed by atoms with Gasteiger partial charge in [0.05, 0.1) is 11.2 Å². The molecule has 0 bridgehead atoms. The molecule has 0 amide bonds. The van der Waals surface area contributed by atoms with Crippen LogP contribution < -0.4 is 25.0 Å². The van der Waals surface area contributed by atoms with E-state index in [2.05, 4.69) is 124 Å². The Morgan fingerprint density at radius 2 is 0.743 bits per heavy atom. The molecule has 6 aromatic heterocycles. The fourth-order valence-electron chi connectivity index (χ4n) is 11.2. The summed E-state index contributed by atoms with van der Waals surface area (Å²) in [6.45, 7) is 26.8. The topological polar surface area (TPSA) is 174 Å². The zero-order chi connectivity index (χ0) is 71.7. The maximum Gasteiger partial charge on any atom is 0.495 e. The summed E-state index contributed by atoms with van der Waals surface area (Å²) in [4.78, 5) is 12.9. The van der Waals surface area contributed by atoms with E-state index in [9.17, 15) is 0 Å². The second-order valence-electron chi connectivity index (χ2n) is 28.1. The predicted octanol–water partition coefficient (Wildman–Crippen LogP) is 20.5. The van der Waals surface area contributed by atoms with Crippen molar-refractivity contribution < 1.29 is 23.5 Å². The molecule has 7 heterocycles. The van der Waals surface area contributed by atoms with Crippen molar-refractivity contribution in [2.24, 2.45) is 0 Å². The summed E-state index contributed by atoms with van der Waals surface area (Å²) >= 11 is 18.7. The minimum Gasteiger partial charge on any atom is -0.472 e. The van der Waals surface area contributed by atoms with Crippen LogP contribution in [0.4, 0.5) is 5.82 Å². The fraction of sp³-hybridized carbons (Fsp3) is 0.232. The van der Waals surface area contributed by atoms with Crippen molar-refractivity contribution in [3.05, 3.63) is 252 Å². The van der Waals surface area contributed by atoms with Crippen molar-refractivity contribution in [1.82, 2.24) is 45.5 Å². The number of nitrogens with zero attached hydrogens (tertiary/aromatic N) is 9. The number of anilines is 1. The molecule has 1 fully saturated rings. The first-order valence-corrected chi connectivity index (χ1v) is 34.4. The lowest BCUT2D eigenvalue weighted by molar-refractivity contribution is 0.00578. The highest BCUT2D eigenvalue weighted by atomic mass is 35.5.